The normalized spacial score (nSPS) is 10.6. The van der Waals surface area contributed by atoms with E-state index in [2.05, 4.69) is 10.6 Å². The van der Waals surface area contributed by atoms with Gasteiger partial charge in [-0.15, -0.1) is 0 Å². The van der Waals surface area contributed by atoms with Crippen LogP contribution in [-0.4, -0.2) is 21.5 Å². The molecule has 3 aromatic rings. The number of rotatable bonds is 4. The standard InChI is InChI=1S/C18H18N4O3/c1-12(23)19-15-7-6-13-4-3-5-14(17(13)18(15)25)20-16(24)10-22-9-8-21(2)11-22/h3-9,11H,10H2,1-2H3,(H2-,19,20,23,24,25)/p+1. The third-order valence-corrected chi connectivity index (χ3v) is 3.75. The number of aromatic nitrogens is 2. The molecule has 2 aromatic carbocycles. The van der Waals surface area contributed by atoms with Crippen molar-refractivity contribution in [2.75, 3.05) is 10.6 Å². The lowest BCUT2D eigenvalue weighted by molar-refractivity contribution is -0.671. The number of carbonyl (C=O) groups is 2. The number of aromatic hydroxyl groups is 1. The van der Waals surface area contributed by atoms with E-state index >= 15 is 0 Å². The summed E-state index contributed by atoms with van der Waals surface area (Å²) in [6.07, 6.45) is 5.45. The van der Waals surface area contributed by atoms with Crippen LogP contribution < -0.4 is 15.2 Å². The van der Waals surface area contributed by atoms with Gasteiger partial charge in [0.1, 0.15) is 18.1 Å². The van der Waals surface area contributed by atoms with E-state index in [4.69, 9.17) is 0 Å². The van der Waals surface area contributed by atoms with Gasteiger partial charge in [0, 0.05) is 12.3 Å². The summed E-state index contributed by atoms with van der Waals surface area (Å²) in [5.41, 5.74) is 0.794. The number of benzene rings is 2. The summed E-state index contributed by atoms with van der Waals surface area (Å²) in [7, 11) is 1.88. The fraction of sp³-hybridized carbons (Fsp3) is 0.167. The smallest absolute Gasteiger partial charge is 0.266 e. The molecule has 7 heteroatoms. The summed E-state index contributed by atoms with van der Waals surface area (Å²) >= 11 is 0. The van der Waals surface area contributed by atoms with Crippen LogP contribution in [0.4, 0.5) is 11.4 Å². The number of phenols is 1. The number of nitrogens with zero attached hydrogens (tertiary/aromatic N) is 2. The average Bonchev–Trinajstić information content (AvgIpc) is 2.94. The van der Waals surface area contributed by atoms with Gasteiger partial charge >= 0.3 is 0 Å². The number of carbonyl (C=O) groups excluding carboxylic acids is 2. The fourth-order valence-electron chi connectivity index (χ4n) is 2.71. The maximum atomic E-state index is 12.3. The first-order chi connectivity index (χ1) is 11.9. The molecule has 0 unspecified atom stereocenters. The Morgan fingerprint density at radius 2 is 1.96 bits per heavy atom. The molecule has 128 valence electrons. The van der Waals surface area contributed by atoms with Crippen molar-refractivity contribution >= 4 is 34.0 Å². The molecule has 2 amide bonds. The van der Waals surface area contributed by atoms with Gasteiger partial charge in [-0.1, -0.05) is 18.2 Å². The summed E-state index contributed by atoms with van der Waals surface area (Å²) in [4.78, 5) is 23.6. The summed E-state index contributed by atoms with van der Waals surface area (Å²) in [6.45, 7) is 1.53. The lowest BCUT2D eigenvalue weighted by Crippen LogP contribution is -2.25. The minimum atomic E-state index is -0.281. The molecule has 0 fully saturated rings. The van der Waals surface area contributed by atoms with Gasteiger partial charge in [0.05, 0.1) is 18.4 Å². The highest BCUT2D eigenvalue weighted by Crippen LogP contribution is 2.37. The van der Waals surface area contributed by atoms with Crippen LogP contribution in [0.1, 0.15) is 6.92 Å². The molecule has 3 rings (SSSR count). The van der Waals surface area contributed by atoms with E-state index in [0.29, 0.717) is 16.8 Å². The minimum absolute atomic E-state index is 0.0732. The maximum absolute atomic E-state index is 12.3. The number of imidazole rings is 1. The Morgan fingerprint density at radius 3 is 2.64 bits per heavy atom. The van der Waals surface area contributed by atoms with Gasteiger partial charge in [-0.2, -0.15) is 0 Å². The zero-order valence-electron chi connectivity index (χ0n) is 14.0. The molecule has 1 heterocycles. The highest BCUT2D eigenvalue weighted by atomic mass is 16.3. The first kappa shape index (κ1) is 16.5. The summed E-state index contributed by atoms with van der Waals surface area (Å²) < 4.78 is 3.60. The molecule has 0 bridgehead atoms. The fourth-order valence-corrected chi connectivity index (χ4v) is 2.71. The van der Waals surface area contributed by atoms with Gasteiger partial charge in [-0.3, -0.25) is 9.59 Å². The maximum Gasteiger partial charge on any atom is 0.266 e. The van der Waals surface area contributed by atoms with E-state index in [9.17, 15) is 14.7 Å². The second kappa shape index (κ2) is 6.64. The van der Waals surface area contributed by atoms with Crippen molar-refractivity contribution in [1.82, 2.24) is 4.57 Å². The van der Waals surface area contributed by atoms with Crippen molar-refractivity contribution in [3.05, 3.63) is 49.1 Å². The van der Waals surface area contributed by atoms with Gasteiger partial charge in [-0.05, 0) is 17.5 Å². The molecule has 0 aliphatic rings. The van der Waals surface area contributed by atoms with Gasteiger partial charge in [0.25, 0.3) is 5.91 Å². The molecule has 25 heavy (non-hydrogen) atoms. The molecule has 0 saturated carbocycles. The number of anilines is 2. The number of nitrogens with one attached hydrogen (secondary N) is 2. The van der Waals surface area contributed by atoms with Crippen LogP contribution in [0.15, 0.2) is 49.1 Å². The third-order valence-electron chi connectivity index (χ3n) is 3.75. The average molecular weight is 339 g/mol. The molecule has 1 aromatic heterocycles. The number of fused-ring (bicyclic) bond motifs is 1. The molecule has 7 nitrogen and oxygen atoms in total. The minimum Gasteiger partial charge on any atom is -0.505 e. The van der Waals surface area contributed by atoms with E-state index in [-0.39, 0.29) is 24.1 Å². The zero-order valence-corrected chi connectivity index (χ0v) is 14.0. The molecule has 0 spiro atoms. The molecular weight excluding hydrogens is 320 g/mol. The Kier molecular flexibility index (Phi) is 4.38. The predicted molar refractivity (Wildman–Crippen MR) is 94.2 cm³/mol. The Morgan fingerprint density at radius 1 is 1.16 bits per heavy atom. The Labute approximate surface area is 144 Å². The first-order valence-electron chi connectivity index (χ1n) is 7.77. The Bertz CT molecular complexity index is 962. The van der Waals surface area contributed by atoms with Crippen molar-refractivity contribution in [3.63, 3.8) is 0 Å². The quantitative estimate of drug-likeness (QED) is 0.500. The van der Waals surface area contributed by atoms with Crippen LogP contribution in [-0.2, 0) is 23.2 Å². The van der Waals surface area contributed by atoms with E-state index in [1.165, 1.54) is 6.92 Å². The SMILES string of the molecule is CC(=O)Nc1ccc2cccc(NC(=O)Cn3cc[n+](C)c3)c2c1O. The first-order valence-corrected chi connectivity index (χ1v) is 7.77. The van der Waals surface area contributed by atoms with Crippen molar-refractivity contribution in [3.8, 4) is 5.75 Å². The zero-order chi connectivity index (χ0) is 18.0. The number of hydrogen-bond acceptors (Lipinski definition) is 3. The summed E-state index contributed by atoms with van der Waals surface area (Å²) in [5.74, 6) is -0.569. The summed E-state index contributed by atoms with van der Waals surface area (Å²) in [5, 5.41) is 17.2. The van der Waals surface area contributed by atoms with Crippen molar-refractivity contribution in [2.45, 2.75) is 13.5 Å². The predicted octanol–water partition coefficient (Wildman–Crippen LogP) is 1.77. The van der Waals surface area contributed by atoms with Crippen LogP contribution in [0.2, 0.25) is 0 Å². The highest BCUT2D eigenvalue weighted by Gasteiger charge is 2.14. The van der Waals surface area contributed by atoms with Gasteiger partial charge < -0.3 is 15.7 Å². The van der Waals surface area contributed by atoms with Gasteiger partial charge in [0.15, 0.2) is 6.54 Å². The molecule has 0 radical (unpaired) electrons. The van der Waals surface area contributed by atoms with Crippen molar-refractivity contribution in [2.24, 2.45) is 7.05 Å². The molecule has 3 N–H and O–H groups in total. The lowest BCUT2D eigenvalue weighted by Gasteiger charge is -2.12. The van der Waals surface area contributed by atoms with Crippen LogP contribution in [0, 0.1) is 0 Å². The van der Waals surface area contributed by atoms with Crippen LogP contribution >= 0.6 is 0 Å². The summed E-state index contributed by atoms with van der Waals surface area (Å²) in [6, 6.07) is 8.75. The lowest BCUT2D eigenvalue weighted by atomic mass is 10.1. The van der Waals surface area contributed by atoms with E-state index < -0.39 is 0 Å². The van der Waals surface area contributed by atoms with E-state index in [1.807, 2.05) is 23.9 Å². The Hall–Kier alpha value is -3.35. The van der Waals surface area contributed by atoms with Crippen molar-refractivity contribution < 1.29 is 19.3 Å². The topological polar surface area (TPSA) is 87.2 Å². The third kappa shape index (κ3) is 3.60. The second-order valence-electron chi connectivity index (χ2n) is 5.85. The van der Waals surface area contributed by atoms with E-state index in [0.717, 1.165) is 5.39 Å². The number of amides is 2. The Balaban J connectivity index is 1.92. The molecule has 0 atom stereocenters. The van der Waals surface area contributed by atoms with E-state index in [1.54, 1.807) is 41.4 Å². The number of aryl methyl sites for hydroxylation is 1. The largest absolute Gasteiger partial charge is 0.505 e. The number of phenolic OH excluding ortho intramolecular Hbond substituents is 1. The van der Waals surface area contributed by atoms with Gasteiger partial charge in [-0.25, -0.2) is 9.13 Å². The second-order valence-corrected chi connectivity index (χ2v) is 5.85. The molecule has 0 saturated heterocycles. The van der Waals surface area contributed by atoms with Crippen LogP contribution in [0.3, 0.4) is 0 Å². The van der Waals surface area contributed by atoms with Crippen LogP contribution in [0.5, 0.6) is 5.75 Å². The monoisotopic (exact) mass is 339 g/mol. The molecular formula is C18H19N4O3+. The van der Waals surface area contributed by atoms with Gasteiger partial charge in [0.2, 0.25) is 12.2 Å². The number of hydrogen-bond donors (Lipinski definition) is 3. The molecule has 0 aliphatic heterocycles. The highest BCUT2D eigenvalue weighted by molar-refractivity contribution is 6.08. The molecule has 0 aliphatic carbocycles. The van der Waals surface area contributed by atoms with Crippen molar-refractivity contribution in [1.29, 1.82) is 0 Å². The van der Waals surface area contributed by atoms with Crippen LogP contribution in [0.25, 0.3) is 10.8 Å².